The van der Waals surface area contributed by atoms with Gasteiger partial charge in [0.2, 0.25) is 0 Å². The smallest absolute Gasteiger partial charge is 0.309 e. The molecule has 0 radical (unpaired) electrons. The van der Waals surface area contributed by atoms with E-state index in [4.69, 9.17) is 16.5 Å². The zero-order valence-corrected chi connectivity index (χ0v) is 36.2. The molecule has 0 aliphatic carbocycles. The van der Waals surface area contributed by atoms with Crippen LogP contribution in [-0.4, -0.2) is 19.1 Å². The molecule has 0 bridgehead atoms. The second kappa shape index (κ2) is 16.1. The Morgan fingerprint density at radius 2 is 0.824 bits per heavy atom. The molecule has 0 spiro atoms. The average Bonchev–Trinajstić information content (AvgIpc) is 3.90. The van der Waals surface area contributed by atoms with Gasteiger partial charge in [0.1, 0.15) is 0 Å². The first kappa shape index (κ1) is 40.4. The van der Waals surface area contributed by atoms with Crippen molar-refractivity contribution in [3.63, 3.8) is 0 Å². The molecule has 8 heteroatoms. The van der Waals surface area contributed by atoms with Gasteiger partial charge >= 0.3 is 6.18 Å². The number of rotatable bonds is 7. The summed E-state index contributed by atoms with van der Waals surface area (Å²) < 4.78 is 51.2. The van der Waals surface area contributed by atoms with Crippen LogP contribution in [0.15, 0.2) is 219 Å². The van der Waals surface area contributed by atoms with Gasteiger partial charge in [0.25, 0.3) is 0 Å². The van der Waals surface area contributed by atoms with Crippen LogP contribution in [0.5, 0.6) is 0 Å². The van der Waals surface area contributed by atoms with Gasteiger partial charge in [-0.05, 0) is 71.3 Å². The maximum Gasteiger partial charge on any atom is 0.416 e. The zero-order valence-electron chi connectivity index (χ0n) is 36.2. The molecule has 322 valence electrons. The van der Waals surface area contributed by atoms with E-state index in [1.807, 2.05) is 197 Å². The van der Waals surface area contributed by atoms with Gasteiger partial charge in [-0.1, -0.05) is 152 Å². The first-order valence-electron chi connectivity index (χ1n) is 22.1. The number of aromatic nitrogens is 4. The molecule has 68 heavy (non-hydrogen) atoms. The molecule has 8 aromatic carbocycles. The molecule has 0 aliphatic heterocycles. The fourth-order valence-corrected chi connectivity index (χ4v) is 9.66. The maximum absolute atomic E-state index is 15.7. The van der Waals surface area contributed by atoms with E-state index < -0.39 is 11.7 Å². The van der Waals surface area contributed by atoms with Crippen molar-refractivity contribution in [1.29, 1.82) is 0 Å². The van der Waals surface area contributed by atoms with Gasteiger partial charge in [-0.2, -0.15) is 13.2 Å². The summed E-state index contributed by atoms with van der Waals surface area (Å²) in [5.74, 6) is 0. The number of benzene rings is 8. The van der Waals surface area contributed by atoms with Crippen LogP contribution in [0.25, 0.3) is 116 Å². The molecule has 0 aliphatic rings. The number of pyridine rings is 2. The minimum absolute atomic E-state index is 0.320. The molecule has 5 nitrogen and oxygen atoms in total. The van der Waals surface area contributed by atoms with Gasteiger partial charge in [0, 0.05) is 61.8 Å². The first-order chi connectivity index (χ1) is 33.3. The Kier molecular flexibility index (Phi) is 9.59. The van der Waals surface area contributed by atoms with Gasteiger partial charge in [0.05, 0.1) is 57.0 Å². The monoisotopic (exact) mass is 883 g/mol. The lowest BCUT2D eigenvalue weighted by Crippen LogP contribution is -2.11. The maximum atomic E-state index is 15.7. The summed E-state index contributed by atoms with van der Waals surface area (Å²) >= 11 is 0. The number of fused-ring (bicyclic) bond motifs is 6. The highest BCUT2D eigenvalue weighted by Gasteiger charge is 2.34. The van der Waals surface area contributed by atoms with Crippen molar-refractivity contribution < 1.29 is 13.2 Å². The molecule has 4 heterocycles. The lowest BCUT2D eigenvalue weighted by molar-refractivity contribution is -0.137. The van der Waals surface area contributed by atoms with Crippen LogP contribution in [0.2, 0.25) is 0 Å². The molecule has 0 saturated heterocycles. The Labute approximate surface area is 389 Å². The number of alkyl halides is 3. The standard InChI is InChI=1S/C60H36F3N5/c1-64-46-18-12-17-42(31-46)59-57(67-53-21-10-8-19-47(53)49-27-23-40(32-55(49)67)43-25-29-51(65-36-43)38-13-4-2-5-14-38)34-45(60(61,62)63)35-58(59)68-54-22-11-9-20-48(54)50-28-24-41(33-56(50)68)44-26-30-52(66-37-44)39-15-6-3-7-16-39/h2-37H. The molecule has 0 saturated carbocycles. The molecular formula is C60H36F3N5. The van der Waals surface area contributed by atoms with Gasteiger partial charge in [-0.3, -0.25) is 9.97 Å². The highest BCUT2D eigenvalue weighted by atomic mass is 19.4. The third kappa shape index (κ3) is 6.88. The topological polar surface area (TPSA) is 40.0 Å². The Morgan fingerprint density at radius 1 is 0.382 bits per heavy atom. The molecule has 12 rings (SSSR count). The third-order valence-corrected chi connectivity index (χ3v) is 12.9. The summed E-state index contributed by atoms with van der Waals surface area (Å²) in [5, 5.41) is 3.54. The minimum atomic E-state index is -4.73. The highest BCUT2D eigenvalue weighted by molar-refractivity contribution is 6.13. The fourth-order valence-electron chi connectivity index (χ4n) is 9.66. The summed E-state index contributed by atoms with van der Waals surface area (Å²) in [7, 11) is 0. The number of nitrogens with zero attached hydrogens (tertiary/aromatic N) is 5. The second-order valence-electron chi connectivity index (χ2n) is 16.8. The first-order valence-corrected chi connectivity index (χ1v) is 22.1. The van der Waals surface area contributed by atoms with Crippen molar-refractivity contribution >= 4 is 49.3 Å². The number of hydrogen-bond acceptors (Lipinski definition) is 2. The summed E-state index contributed by atoms with van der Waals surface area (Å²) in [5.41, 5.74) is 11.4. The Balaban J connectivity index is 1.15. The number of hydrogen-bond donors (Lipinski definition) is 0. The van der Waals surface area contributed by atoms with Crippen molar-refractivity contribution in [2.75, 3.05) is 0 Å². The Morgan fingerprint density at radius 3 is 1.28 bits per heavy atom. The van der Waals surface area contributed by atoms with E-state index in [2.05, 4.69) is 4.85 Å². The molecule has 4 aromatic heterocycles. The fraction of sp³-hybridized carbons (Fsp3) is 0.0167. The van der Waals surface area contributed by atoms with Crippen molar-refractivity contribution in [3.8, 4) is 67.3 Å². The van der Waals surface area contributed by atoms with Crippen molar-refractivity contribution in [2.45, 2.75) is 6.18 Å². The van der Waals surface area contributed by atoms with Crippen molar-refractivity contribution in [3.05, 3.63) is 236 Å². The Bertz CT molecular complexity index is 3720. The van der Waals surface area contributed by atoms with Crippen LogP contribution in [-0.2, 0) is 6.18 Å². The molecule has 0 fully saturated rings. The predicted molar refractivity (Wildman–Crippen MR) is 269 cm³/mol. The van der Waals surface area contributed by atoms with E-state index in [-0.39, 0.29) is 0 Å². The third-order valence-electron chi connectivity index (χ3n) is 12.9. The SMILES string of the molecule is [C-]#[N+]c1cccc(-c2c(-n3c4ccccc4c4ccc(-c5ccc(-c6ccccc6)nc5)cc43)cc(C(F)(F)F)cc2-n2c3ccccc3c3ccc(-c4ccc(-c5ccccc5)nc4)cc32)c1. The summed E-state index contributed by atoms with van der Waals surface area (Å²) in [6.07, 6.45) is -1.05. The van der Waals surface area contributed by atoms with Crippen LogP contribution in [0.3, 0.4) is 0 Å². The highest BCUT2D eigenvalue weighted by Crippen LogP contribution is 2.46. The Hall–Kier alpha value is -9.06. The molecule has 0 amide bonds. The normalized spacial score (nSPS) is 11.7. The van der Waals surface area contributed by atoms with Crippen LogP contribution in [0.4, 0.5) is 18.9 Å². The zero-order chi connectivity index (χ0) is 45.9. The van der Waals surface area contributed by atoms with E-state index >= 15 is 13.2 Å². The van der Waals surface area contributed by atoms with E-state index in [1.165, 1.54) is 12.1 Å². The van der Waals surface area contributed by atoms with E-state index in [1.54, 1.807) is 18.2 Å². The predicted octanol–water partition coefficient (Wildman–Crippen LogP) is 16.6. The summed E-state index contributed by atoms with van der Waals surface area (Å²) in [4.78, 5) is 13.4. The van der Waals surface area contributed by atoms with E-state index in [0.29, 0.717) is 28.2 Å². The molecule has 12 aromatic rings. The van der Waals surface area contributed by atoms with Gasteiger partial charge in [0.15, 0.2) is 5.69 Å². The van der Waals surface area contributed by atoms with Gasteiger partial charge in [-0.25, -0.2) is 4.85 Å². The van der Waals surface area contributed by atoms with Crippen LogP contribution in [0.1, 0.15) is 5.56 Å². The van der Waals surface area contributed by atoms with E-state index in [9.17, 15) is 0 Å². The quantitative estimate of drug-likeness (QED) is 0.150. The number of halogens is 3. The van der Waals surface area contributed by atoms with Crippen LogP contribution in [0, 0.1) is 6.57 Å². The van der Waals surface area contributed by atoms with Gasteiger partial charge in [-0.15, -0.1) is 0 Å². The van der Waals surface area contributed by atoms with Crippen molar-refractivity contribution in [1.82, 2.24) is 19.1 Å². The number of para-hydroxylation sites is 2. The van der Waals surface area contributed by atoms with Crippen LogP contribution >= 0.6 is 0 Å². The van der Waals surface area contributed by atoms with Gasteiger partial charge < -0.3 is 9.13 Å². The van der Waals surface area contributed by atoms with E-state index in [0.717, 1.165) is 88.4 Å². The molecule has 0 unspecified atom stereocenters. The lowest BCUT2D eigenvalue weighted by Gasteiger charge is -2.23. The average molecular weight is 884 g/mol. The van der Waals surface area contributed by atoms with Crippen molar-refractivity contribution in [2.24, 2.45) is 0 Å². The second-order valence-corrected chi connectivity index (χ2v) is 16.8. The molecular weight excluding hydrogens is 848 g/mol. The lowest BCUT2D eigenvalue weighted by atomic mass is 9.97. The largest absolute Gasteiger partial charge is 0.416 e. The molecule has 0 N–H and O–H groups in total. The van der Waals surface area contributed by atoms with Crippen LogP contribution < -0.4 is 0 Å². The summed E-state index contributed by atoms with van der Waals surface area (Å²) in [6, 6.07) is 65.5. The summed E-state index contributed by atoms with van der Waals surface area (Å²) in [6.45, 7) is 8.03. The molecule has 0 atom stereocenters. The minimum Gasteiger partial charge on any atom is -0.309 e.